The number of carbonyl (C=O) groups excluding carboxylic acids is 2. The molecule has 0 saturated heterocycles. The summed E-state index contributed by atoms with van der Waals surface area (Å²) in [5, 5.41) is 15.9. The Kier molecular flexibility index (Phi) is 21.2. The Morgan fingerprint density at radius 1 is 0.719 bits per heavy atom. The van der Waals surface area contributed by atoms with E-state index in [1.54, 1.807) is 0 Å². The molecule has 32 heavy (non-hydrogen) atoms. The van der Waals surface area contributed by atoms with E-state index in [0.29, 0.717) is 32.4 Å². The number of guanidine groups is 1. The fraction of sp³-hybridized carbons (Fsp3) is 0.880. The maximum atomic E-state index is 12.6. The first-order valence-electron chi connectivity index (χ1n) is 13.2. The number of nitrogens with two attached hydrogens (primary N) is 1. The first-order chi connectivity index (χ1) is 15.5. The maximum Gasteiger partial charge on any atom is 0.242 e. The molecule has 7 nitrogen and oxygen atoms in total. The number of hydrogen-bond donors (Lipinski definition) is 5. The Morgan fingerprint density at radius 3 is 1.78 bits per heavy atom. The monoisotopic (exact) mass is 453 g/mol. The number of unbranched alkanes of at least 4 members (excludes halogenated alkanes) is 12. The van der Waals surface area contributed by atoms with E-state index in [-0.39, 0.29) is 17.8 Å². The lowest BCUT2D eigenvalue weighted by atomic mass is 10.1. The zero-order valence-electron chi connectivity index (χ0n) is 20.9. The van der Waals surface area contributed by atoms with Crippen molar-refractivity contribution in [2.75, 3.05) is 13.1 Å². The molecule has 0 heterocycles. The van der Waals surface area contributed by atoms with E-state index >= 15 is 0 Å². The summed E-state index contributed by atoms with van der Waals surface area (Å²) in [6.45, 7) is 5.58. The highest BCUT2D eigenvalue weighted by Gasteiger charge is 2.19. The van der Waals surface area contributed by atoms with Crippen molar-refractivity contribution < 1.29 is 9.59 Å². The number of amides is 2. The van der Waals surface area contributed by atoms with Gasteiger partial charge in [0.25, 0.3) is 0 Å². The molecular formula is C25H51N5O2. The highest BCUT2D eigenvalue weighted by molar-refractivity contribution is 5.87. The van der Waals surface area contributed by atoms with Crippen molar-refractivity contribution in [2.45, 2.75) is 129 Å². The van der Waals surface area contributed by atoms with Gasteiger partial charge < -0.3 is 21.7 Å². The molecule has 0 radical (unpaired) electrons. The molecule has 6 N–H and O–H groups in total. The summed E-state index contributed by atoms with van der Waals surface area (Å²) < 4.78 is 0. The molecule has 1 unspecified atom stereocenters. The lowest BCUT2D eigenvalue weighted by Crippen LogP contribution is -2.47. The molecule has 0 spiro atoms. The predicted molar refractivity (Wildman–Crippen MR) is 135 cm³/mol. The molecule has 0 bridgehead atoms. The number of hydrogen-bond acceptors (Lipinski definition) is 3. The highest BCUT2D eigenvalue weighted by atomic mass is 16.2. The van der Waals surface area contributed by atoms with Gasteiger partial charge in [0.15, 0.2) is 5.96 Å². The van der Waals surface area contributed by atoms with Gasteiger partial charge in [-0.15, -0.1) is 0 Å². The minimum absolute atomic E-state index is 0.0516. The SMILES string of the molecule is CCCCCCCCCCCNC(=O)C(CCCNC(=N)N)NC(=O)CCCCCCC. The van der Waals surface area contributed by atoms with Crippen LogP contribution in [0.1, 0.15) is 123 Å². The van der Waals surface area contributed by atoms with Crippen LogP contribution in [0.25, 0.3) is 0 Å². The van der Waals surface area contributed by atoms with Crippen LogP contribution in [0.15, 0.2) is 0 Å². The van der Waals surface area contributed by atoms with Gasteiger partial charge in [0.2, 0.25) is 11.8 Å². The Labute approximate surface area is 196 Å². The molecule has 0 fully saturated rings. The number of nitrogens with one attached hydrogen (secondary N) is 4. The summed E-state index contributed by atoms with van der Waals surface area (Å²) >= 11 is 0. The van der Waals surface area contributed by atoms with Gasteiger partial charge in [0.1, 0.15) is 6.04 Å². The second-order valence-corrected chi connectivity index (χ2v) is 8.89. The third-order valence-electron chi connectivity index (χ3n) is 5.72. The maximum absolute atomic E-state index is 12.6. The van der Waals surface area contributed by atoms with E-state index in [4.69, 9.17) is 11.1 Å². The van der Waals surface area contributed by atoms with Crippen molar-refractivity contribution in [3.05, 3.63) is 0 Å². The van der Waals surface area contributed by atoms with Crippen molar-refractivity contribution in [1.82, 2.24) is 16.0 Å². The van der Waals surface area contributed by atoms with Gasteiger partial charge in [-0.3, -0.25) is 15.0 Å². The summed E-state index contributed by atoms with van der Waals surface area (Å²) in [5.41, 5.74) is 5.31. The van der Waals surface area contributed by atoms with Crippen molar-refractivity contribution in [2.24, 2.45) is 5.73 Å². The van der Waals surface area contributed by atoms with E-state index < -0.39 is 6.04 Å². The average Bonchev–Trinajstić information content (AvgIpc) is 2.76. The summed E-state index contributed by atoms with van der Waals surface area (Å²) in [5.74, 6) is -0.233. The minimum Gasteiger partial charge on any atom is -0.370 e. The second kappa shape index (κ2) is 22.4. The van der Waals surface area contributed by atoms with Gasteiger partial charge in [-0.05, 0) is 25.7 Å². The summed E-state index contributed by atoms with van der Waals surface area (Å²) in [4.78, 5) is 25.0. The van der Waals surface area contributed by atoms with Gasteiger partial charge >= 0.3 is 0 Å². The Morgan fingerprint density at radius 2 is 1.22 bits per heavy atom. The van der Waals surface area contributed by atoms with E-state index in [1.165, 1.54) is 57.8 Å². The molecule has 0 aliphatic heterocycles. The fourth-order valence-electron chi connectivity index (χ4n) is 3.72. The van der Waals surface area contributed by atoms with Crippen LogP contribution >= 0.6 is 0 Å². The topological polar surface area (TPSA) is 120 Å². The Bertz CT molecular complexity index is 485. The molecule has 0 aromatic carbocycles. The minimum atomic E-state index is -0.523. The Balaban J connectivity index is 4.16. The molecule has 0 aromatic rings. The summed E-state index contributed by atoms with van der Waals surface area (Å²) in [6, 6.07) is -0.523. The predicted octanol–water partition coefficient (Wildman–Crippen LogP) is 4.74. The van der Waals surface area contributed by atoms with Crippen molar-refractivity contribution >= 4 is 17.8 Å². The van der Waals surface area contributed by atoms with Crippen LogP contribution < -0.4 is 21.7 Å². The summed E-state index contributed by atoms with van der Waals surface area (Å²) in [6.07, 6.45) is 18.3. The molecule has 0 rings (SSSR count). The van der Waals surface area contributed by atoms with Gasteiger partial charge in [0, 0.05) is 19.5 Å². The largest absolute Gasteiger partial charge is 0.370 e. The van der Waals surface area contributed by atoms with Crippen LogP contribution in [0.5, 0.6) is 0 Å². The van der Waals surface area contributed by atoms with E-state index in [0.717, 1.165) is 32.1 Å². The molecule has 2 amide bonds. The first kappa shape index (κ1) is 30.2. The molecule has 0 aliphatic carbocycles. The zero-order chi connectivity index (χ0) is 23.9. The van der Waals surface area contributed by atoms with Crippen molar-refractivity contribution in [3.63, 3.8) is 0 Å². The average molecular weight is 454 g/mol. The van der Waals surface area contributed by atoms with E-state index in [1.807, 2.05) is 0 Å². The molecule has 0 aromatic heterocycles. The number of carbonyl (C=O) groups is 2. The van der Waals surface area contributed by atoms with Crippen molar-refractivity contribution in [1.29, 1.82) is 5.41 Å². The molecule has 188 valence electrons. The highest BCUT2D eigenvalue weighted by Crippen LogP contribution is 2.09. The molecular weight excluding hydrogens is 402 g/mol. The van der Waals surface area contributed by atoms with Gasteiger partial charge in [-0.2, -0.15) is 0 Å². The lowest BCUT2D eigenvalue weighted by Gasteiger charge is -2.19. The fourth-order valence-corrected chi connectivity index (χ4v) is 3.72. The van der Waals surface area contributed by atoms with Crippen LogP contribution in [0.4, 0.5) is 0 Å². The van der Waals surface area contributed by atoms with Crippen molar-refractivity contribution in [3.8, 4) is 0 Å². The smallest absolute Gasteiger partial charge is 0.242 e. The van der Waals surface area contributed by atoms with Crippen LogP contribution in [0, 0.1) is 5.41 Å². The van der Waals surface area contributed by atoms with Crippen LogP contribution in [-0.2, 0) is 9.59 Å². The zero-order valence-corrected chi connectivity index (χ0v) is 20.9. The quantitative estimate of drug-likeness (QED) is 0.0923. The third-order valence-corrected chi connectivity index (χ3v) is 5.72. The van der Waals surface area contributed by atoms with Crippen LogP contribution in [0.2, 0.25) is 0 Å². The molecule has 7 heteroatoms. The van der Waals surface area contributed by atoms with E-state index in [2.05, 4.69) is 29.8 Å². The van der Waals surface area contributed by atoms with Crippen LogP contribution in [-0.4, -0.2) is 36.9 Å². The molecule has 1 atom stereocenters. The summed E-state index contributed by atoms with van der Waals surface area (Å²) in [7, 11) is 0. The third kappa shape index (κ3) is 20.1. The standard InChI is InChI=1S/C25H51N5O2/c1-3-5-7-9-10-11-12-14-16-20-28-24(32)22(18-17-21-29-25(26)27)30-23(31)19-15-13-8-6-4-2/h22H,3-21H2,1-2H3,(H,28,32)(H,30,31)(H4,26,27,29). The van der Waals surface area contributed by atoms with Gasteiger partial charge in [-0.1, -0.05) is 90.9 Å². The second-order valence-electron chi connectivity index (χ2n) is 8.89. The molecule has 0 saturated carbocycles. The number of rotatable bonds is 22. The Hall–Kier alpha value is -1.79. The van der Waals surface area contributed by atoms with Gasteiger partial charge in [-0.25, -0.2) is 0 Å². The van der Waals surface area contributed by atoms with Gasteiger partial charge in [0.05, 0.1) is 0 Å². The molecule has 0 aliphatic rings. The normalized spacial score (nSPS) is 11.7. The van der Waals surface area contributed by atoms with Crippen LogP contribution in [0.3, 0.4) is 0 Å². The lowest BCUT2D eigenvalue weighted by molar-refractivity contribution is -0.129. The van der Waals surface area contributed by atoms with E-state index in [9.17, 15) is 9.59 Å². The first-order valence-corrected chi connectivity index (χ1v) is 13.2.